The van der Waals surface area contributed by atoms with E-state index in [4.69, 9.17) is 14.5 Å². The van der Waals surface area contributed by atoms with Gasteiger partial charge in [-0.1, -0.05) is 13.8 Å². The maximum absolute atomic E-state index is 13.0. The zero-order valence-electron chi connectivity index (χ0n) is 22.0. The summed E-state index contributed by atoms with van der Waals surface area (Å²) in [5.41, 5.74) is 5.20. The van der Waals surface area contributed by atoms with Crippen LogP contribution in [0.3, 0.4) is 0 Å². The van der Waals surface area contributed by atoms with Crippen LogP contribution in [0.1, 0.15) is 49.6 Å². The summed E-state index contributed by atoms with van der Waals surface area (Å²) in [6, 6.07) is 5.71. The molecule has 8 nitrogen and oxygen atoms in total. The third-order valence-electron chi connectivity index (χ3n) is 6.98. The van der Waals surface area contributed by atoms with Crippen LogP contribution in [-0.2, 0) is 14.8 Å². The lowest BCUT2D eigenvalue weighted by Crippen LogP contribution is -2.40. The predicted molar refractivity (Wildman–Crippen MR) is 139 cm³/mol. The van der Waals surface area contributed by atoms with Gasteiger partial charge in [-0.05, 0) is 56.0 Å². The van der Waals surface area contributed by atoms with Crippen molar-refractivity contribution >= 4 is 21.1 Å². The van der Waals surface area contributed by atoms with Crippen molar-refractivity contribution in [3.05, 3.63) is 41.2 Å². The van der Waals surface area contributed by atoms with E-state index in [1.807, 2.05) is 43.7 Å². The van der Waals surface area contributed by atoms with Crippen LogP contribution in [0.25, 0.3) is 22.3 Å². The molecule has 1 aliphatic heterocycles. The number of hydrogen-bond acceptors (Lipinski definition) is 6. The summed E-state index contributed by atoms with van der Waals surface area (Å²) in [4.78, 5) is 9.70. The van der Waals surface area contributed by atoms with Gasteiger partial charge in [0, 0.05) is 25.0 Å². The third-order valence-corrected chi connectivity index (χ3v) is 8.20. The Kier molecular flexibility index (Phi) is 7.15. The van der Waals surface area contributed by atoms with E-state index in [2.05, 4.69) is 24.9 Å². The van der Waals surface area contributed by atoms with Crippen LogP contribution < -0.4 is 4.74 Å². The number of halogens is 1. The van der Waals surface area contributed by atoms with Gasteiger partial charge in [-0.3, -0.25) is 0 Å². The van der Waals surface area contributed by atoms with Crippen LogP contribution in [0.4, 0.5) is 4.39 Å². The fourth-order valence-corrected chi connectivity index (χ4v) is 5.93. The summed E-state index contributed by atoms with van der Waals surface area (Å²) in [7, 11) is -1.84. The van der Waals surface area contributed by atoms with Crippen molar-refractivity contribution in [1.29, 1.82) is 0 Å². The molecule has 0 radical (unpaired) electrons. The molecule has 1 aliphatic rings. The van der Waals surface area contributed by atoms with Gasteiger partial charge >= 0.3 is 0 Å². The lowest BCUT2D eigenvalue weighted by molar-refractivity contribution is -0.0487. The van der Waals surface area contributed by atoms with Crippen molar-refractivity contribution in [3.8, 4) is 17.1 Å². The number of aromatic nitrogens is 3. The molecule has 36 heavy (non-hydrogen) atoms. The minimum atomic E-state index is -3.44. The fourth-order valence-electron chi connectivity index (χ4n) is 5.02. The minimum absolute atomic E-state index is 0.0939. The van der Waals surface area contributed by atoms with Crippen LogP contribution >= 0.6 is 0 Å². The first-order chi connectivity index (χ1) is 16.9. The second-order valence-electron chi connectivity index (χ2n) is 10.1. The van der Waals surface area contributed by atoms with Crippen molar-refractivity contribution in [2.75, 3.05) is 39.7 Å². The molecule has 0 aliphatic carbocycles. The standard InChI is InChI=1S/C26H35FN4O4S/c1-16(2)20-9-8-19(25(28-20)34-6)23-17(3)12-21-24(29-23)18(4)13-31(21)22-14-30(36(7,32)33)15-26(22,5)35-11-10-27/h8-9,12-13,16,22H,10-11,14-15H2,1-7H3/t22-,26-/m1/s1. The average Bonchev–Trinajstić information content (AvgIpc) is 3.33. The smallest absolute Gasteiger partial charge is 0.222 e. The second kappa shape index (κ2) is 9.72. The van der Waals surface area contributed by atoms with Gasteiger partial charge in [0.25, 0.3) is 0 Å². The Hall–Kier alpha value is -2.56. The van der Waals surface area contributed by atoms with E-state index in [9.17, 15) is 12.8 Å². The number of fused-ring (bicyclic) bond motifs is 1. The average molecular weight is 519 g/mol. The highest BCUT2D eigenvalue weighted by Gasteiger charge is 2.48. The van der Waals surface area contributed by atoms with Crippen LogP contribution in [0.15, 0.2) is 24.4 Å². The number of nitrogens with zero attached hydrogens (tertiary/aromatic N) is 4. The number of sulfonamides is 1. The summed E-state index contributed by atoms with van der Waals surface area (Å²) in [6.45, 7) is 9.65. The van der Waals surface area contributed by atoms with E-state index < -0.39 is 22.3 Å². The first-order valence-electron chi connectivity index (χ1n) is 12.1. The predicted octanol–water partition coefficient (Wildman–Crippen LogP) is 4.41. The Labute approximate surface area is 212 Å². The largest absolute Gasteiger partial charge is 0.480 e. The van der Waals surface area contributed by atoms with Crippen LogP contribution in [0.2, 0.25) is 0 Å². The zero-order chi connectivity index (χ0) is 26.4. The molecule has 0 N–H and O–H groups in total. The monoisotopic (exact) mass is 518 g/mol. The molecule has 0 amide bonds. The molecular weight excluding hydrogens is 483 g/mol. The molecule has 10 heteroatoms. The zero-order valence-corrected chi connectivity index (χ0v) is 22.8. The molecule has 0 aromatic carbocycles. The fraction of sp³-hybridized carbons (Fsp3) is 0.538. The van der Waals surface area contributed by atoms with Crippen molar-refractivity contribution in [1.82, 2.24) is 18.8 Å². The Balaban J connectivity index is 1.84. The topological polar surface area (TPSA) is 86.6 Å². The number of ether oxygens (including phenoxy) is 2. The number of pyridine rings is 2. The summed E-state index contributed by atoms with van der Waals surface area (Å²) in [6.07, 6.45) is 3.17. The molecule has 196 valence electrons. The molecule has 1 fully saturated rings. The Morgan fingerprint density at radius 2 is 1.94 bits per heavy atom. The number of aryl methyl sites for hydroxylation is 2. The Bertz CT molecular complexity index is 1390. The van der Waals surface area contributed by atoms with Gasteiger partial charge in [-0.15, -0.1) is 0 Å². The van der Waals surface area contributed by atoms with Crippen LogP contribution in [-0.4, -0.2) is 72.6 Å². The van der Waals surface area contributed by atoms with E-state index >= 15 is 0 Å². The SMILES string of the molecule is COc1nc(C(C)C)ccc1-c1nc2c(C)cn([C@@H]3CN(S(C)(=O)=O)C[C@@]3(C)OCCF)c2cc1C. The summed E-state index contributed by atoms with van der Waals surface area (Å²) in [5.74, 6) is 0.799. The maximum atomic E-state index is 13.0. The molecule has 0 saturated carbocycles. The maximum Gasteiger partial charge on any atom is 0.222 e. The quantitative estimate of drug-likeness (QED) is 0.439. The number of alkyl halides is 1. The van der Waals surface area contributed by atoms with Gasteiger partial charge in [-0.2, -0.15) is 4.31 Å². The van der Waals surface area contributed by atoms with Gasteiger partial charge in [0.1, 0.15) is 12.3 Å². The number of rotatable bonds is 8. The Morgan fingerprint density at radius 1 is 1.22 bits per heavy atom. The summed E-state index contributed by atoms with van der Waals surface area (Å²) < 4.78 is 52.8. The minimum Gasteiger partial charge on any atom is -0.480 e. The highest BCUT2D eigenvalue weighted by Crippen LogP contribution is 2.40. The lowest BCUT2D eigenvalue weighted by Gasteiger charge is -2.32. The van der Waals surface area contributed by atoms with Crippen molar-refractivity contribution in [3.63, 3.8) is 0 Å². The molecule has 0 bridgehead atoms. The highest BCUT2D eigenvalue weighted by atomic mass is 32.2. The molecule has 0 unspecified atom stereocenters. The highest BCUT2D eigenvalue weighted by molar-refractivity contribution is 7.88. The lowest BCUT2D eigenvalue weighted by atomic mass is 9.99. The molecule has 3 aromatic heterocycles. The van der Waals surface area contributed by atoms with Crippen LogP contribution in [0.5, 0.6) is 5.88 Å². The molecular formula is C26H35FN4O4S. The number of methoxy groups -OCH3 is 1. The molecule has 2 atom stereocenters. The molecule has 1 saturated heterocycles. The van der Waals surface area contributed by atoms with E-state index in [-0.39, 0.29) is 31.7 Å². The summed E-state index contributed by atoms with van der Waals surface area (Å²) >= 11 is 0. The van der Waals surface area contributed by atoms with Gasteiger partial charge in [-0.25, -0.2) is 22.8 Å². The molecule has 3 aromatic rings. The Morgan fingerprint density at radius 3 is 2.56 bits per heavy atom. The van der Waals surface area contributed by atoms with Gasteiger partial charge in [0.2, 0.25) is 15.9 Å². The molecule has 0 spiro atoms. The summed E-state index contributed by atoms with van der Waals surface area (Å²) in [5, 5.41) is 0. The van der Waals surface area contributed by atoms with Crippen molar-refractivity contribution < 1.29 is 22.3 Å². The molecule has 4 rings (SSSR count). The number of hydrogen-bond donors (Lipinski definition) is 0. The van der Waals surface area contributed by atoms with E-state index in [0.29, 0.717) is 5.88 Å². The van der Waals surface area contributed by atoms with E-state index in [1.165, 1.54) is 10.6 Å². The first kappa shape index (κ1) is 26.5. The molecule has 4 heterocycles. The van der Waals surface area contributed by atoms with Gasteiger partial charge in [0.15, 0.2) is 0 Å². The van der Waals surface area contributed by atoms with Gasteiger partial charge < -0.3 is 14.0 Å². The second-order valence-corrected chi connectivity index (χ2v) is 12.1. The van der Waals surface area contributed by atoms with E-state index in [1.54, 1.807) is 7.11 Å². The van der Waals surface area contributed by atoms with Crippen LogP contribution in [0, 0.1) is 13.8 Å². The third kappa shape index (κ3) is 4.73. The first-order valence-corrected chi connectivity index (χ1v) is 13.9. The van der Waals surface area contributed by atoms with Crippen molar-refractivity contribution in [2.24, 2.45) is 0 Å². The normalized spacial score (nSPS) is 21.1. The van der Waals surface area contributed by atoms with E-state index in [0.717, 1.165) is 39.1 Å². The van der Waals surface area contributed by atoms with Crippen molar-refractivity contribution in [2.45, 2.75) is 52.2 Å². The van der Waals surface area contributed by atoms with Gasteiger partial charge in [0.05, 0.1) is 48.3 Å².